The molecule has 4 nitrogen and oxygen atoms in total. The molecule has 1 aliphatic carbocycles. The minimum Gasteiger partial charge on any atom is -0.487 e. The summed E-state index contributed by atoms with van der Waals surface area (Å²) in [5.74, 6) is 1.78. The molecule has 0 N–H and O–H groups in total. The molecule has 0 radical (unpaired) electrons. The third-order valence-electron chi connectivity index (χ3n) is 4.65. The van der Waals surface area contributed by atoms with Crippen molar-refractivity contribution in [3.63, 3.8) is 0 Å². The van der Waals surface area contributed by atoms with Gasteiger partial charge in [0.05, 0.1) is 11.7 Å². The predicted molar refractivity (Wildman–Crippen MR) is 77.0 cm³/mol. The van der Waals surface area contributed by atoms with Gasteiger partial charge in [0.1, 0.15) is 11.9 Å². The summed E-state index contributed by atoms with van der Waals surface area (Å²) in [5, 5.41) is 0. The molecule has 2 fully saturated rings. The Bertz CT molecular complexity index is 541. The van der Waals surface area contributed by atoms with E-state index in [-0.39, 0.29) is 18.1 Å². The van der Waals surface area contributed by atoms with Crippen LogP contribution in [-0.4, -0.2) is 43.1 Å². The number of fused-ring (bicyclic) bond motifs is 3. The van der Waals surface area contributed by atoms with E-state index in [9.17, 15) is 4.79 Å². The summed E-state index contributed by atoms with van der Waals surface area (Å²) >= 11 is 0. The molecule has 1 saturated heterocycles. The van der Waals surface area contributed by atoms with Gasteiger partial charge in [-0.25, -0.2) is 0 Å². The van der Waals surface area contributed by atoms with Gasteiger partial charge in [-0.15, -0.1) is 0 Å². The van der Waals surface area contributed by atoms with E-state index in [1.54, 1.807) is 0 Å². The van der Waals surface area contributed by atoms with Crippen LogP contribution in [0.4, 0.5) is 5.69 Å². The van der Waals surface area contributed by atoms with E-state index in [2.05, 4.69) is 4.90 Å². The van der Waals surface area contributed by atoms with Crippen molar-refractivity contribution < 1.29 is 9.53 Å². The lowest BCUT2D eigenvalue weighted by molar-refractivity contribution is -0.122. The first-order chi connectivity index (χ1) is 9.72. The number of nitrogens with zero attached hydrogens (tertiary/aromatic N) is 2. The molecule has 2 heterocycles. The Hall–Kier alpha value is -1.55. The van der Waals surface area contributed by atoms with Crippen molar-refractivity contribution in [1.29, 1.82) is 0 Å². The first-order valence-electron chi connectivity index (χ1n) is 7.49. The van der Waals surface area contributed by atoms with Gasteiger partial charge in [0.25, 0.3) is 0 Å². The molecule has 2 aliphatic heterocycles. The molecule has 4 heteroatoms. The Morgan fingerprint density at radius 1 is 1.30 bits per heavy atom. The Morgan fingerprint density at radius 3 is 2.90 bits per heavy atom. The largest absolute Gasteiger partial charge is 0.487 e. The number of anilines is 1. The second-order valence-corrected chi connectivity index (χ2v) is 6.29. The van der Waals surface area contributed by atoms with Gasteiger partial charge >= 0.3 is 0 Å². The molecule has 106 valence electrons. The van der Waals surface area contributed by atoms with Crippen LogP contribution in [0.1, 0.15) is 19.3 Å². The van der Waals surface area contributed by atoms with Crippen LogP contribution in [0.15, 0.2) is 24.3 Å². The first-order valence-corrected chi connectivity index (χ1v) is 7.49. The molecule has 3 aliphatic rings. The van der Waals surface area contributed by atoms with Crippen molar-refractivity contribution in [2.45, 2.75) is 31.4 Å². The third kappa shape index (κ3) is 1.99. The Kier molecular flexibility index (Phi) is 2.74. The highest BCUT2D eigenvalue weighted by Crippen LogP contribution is 2.38. The van der Waals surface area contributed by atoms with Crippen LogP contribution in [0.25, 0.3) is 0 Å². The molecule has 1 aromatic carbocycles. The lowest BCUT2D eigenvalue weighted by Crippen LogP contribution is -2.45. The van der Waals surface area contributed by atoms with Crippen molar-refractivity contribution in [3.8, 4) is 5.75 Å². The number of hydrogen-bond donors (Lipinski definition) is 0. The number of rotatable bonds is 2. The van der Waals surface area contributed by atoms with E-state index < -0.39 is 0 Å². The van der Waals surface area contributed by atoms with Gasteiger partial charge < -0.3 is 9.64 Å². The monoisotopic (exact) mass is 272 g/mol. The van der Waals surface area contributed by atoms with Gasteiger partial charge in [0, 0.05) is 19.5 Å². The fourth-order valence-corrected chi connectivity index (χ4v) is 3.33. The molecule has 2 bridgehead atoms. The van der Waals surface area contributed by atoms with Gasteiger partial charge in [-0.05, 0) is 37.9 Å². The lowest BCUT2D eigenvalue weighted by atomic mass is 10.1. The predicted octanol–water partition coefficient (Wildman–Crippen LogP) is 1.89. The molecule has 1 saturated carbocycles. The zero-order chi connectivity index (χ0) is 13.7. The Balaban J connectivity index is 1.76. The van der Waals surface area contributed by atoms with Gasteiger partial charge in [-0.1, -0.05) is 12.1 Å². The van der Waals surface area contributed by atoms with Crippen molar-refractivity contribution in [3.05, 3.63) is 24.3 Å². The molecule has 2 atom stereocenters. The third-order valence-corrected chi connectivity index (χ3v) is 4.65. The standard InChI is InChI=1S/C16H20N2O2/c1-17-10-12-8-14(17)16(19)18(9-11-6-7-11)13-4-2-3-5-15(13)20-12/h2-5,11-12,14H,6-10H2,1H3/t12-,14-/m0/s1. The molecular formula is C16H20N2O2. The Morgan fingerprint density at radius 2 is 2.10 bits per heavy atom. The molecule has 1 amide bonds. The fraction of sp³-hybridized carbons (Fsp3) is 0.562. The molecule has 4 rings (SSSR count). The van der Waals surface area contributed by atoms with Crippen LogP contribution in [0.2, 0.25) is 0 Å². The van der Waals surface area contributed by atoms with Gasteiger partial charge in [0.15, 0.2) is 0 Å². The van der Waals surface area contributed by atoms with E-state index in [1.807, 2.05) is 36.2 Å². The number of benzene rings is 1. The van der Waals surface area contributed by atoms with E-state index in [0.29, 0.717) is 5.92 Å². The van der Waals surface area contributed by atoms with Crippen molar-refractivity contribution in [2.24, 2.45) is 5.92 Å². The first kappa shape index (κ1) is 12.2. The zero-order valence-electron chi connectivity index (χ0n) is 11.8. The van der Waals surface area contributed by atoms with E-state index >= 15 is 0 Å². The number of likely N-dealkylation sites (tertiary alicyclic amines) is 1. The van der Waals surface area contributed by atoms with Crippen molar-refractivity contribution >= 4 is 11.6 Å². The Labute approximate surface area is 119 Å². The lowest BCUT2D eigenvalue weighted by Gasteiger charge is -2.31. The van der Waals surface area contributed by atoms with Crippen molar-refractivity contribution in [1.82, 2.24) is 4.90 Å². The van der Waals surface area contributed by atoms with Crippen LogP contribution >= 0.6 is 0 Å². The van der Waals surface area contributed by atoms with Crippen LogP contribution in [0.5, 0.6) is 5.75 Å². The second-order valence-electron chi connectivity index (χ2n) is 6.29. The number of hydrogen-bond acceptors (Lipinski definition) is 3. The maximum Gasteiger partial charge on any atom is 0.244 e. The number of para-hydroxylation sites is 2. The quantitative estimate of drug-likeness (QED) is 0.824. The molecule has 0 unspecified atom stereocenters. The van der Waals surface area contributed by atoms with Gasteiger partial charge in [-0.2, -0.15) is 0 Å². The summed E-state index contributed by atoms with van der Waals surface area (Å²) in [5.41, 5.74) is 0.953. The molecule has 1 aromatic rings. The zero-order valence-corrected chi connectivity index (χ0v) is 11.8. The number of amides is 1. The topological polar surface area (TPSA) is 32.8 Å². The smallest absolute Gasteiger partial charge is 0.244 e. The summed E-state index contributed by atoms with van der Waals surface area (Å²) in [4.78, 5) is 17.0. The van der Waals surface area contributed by atoms with Crippen LogP contribution in [0, 0.1) is 5.92 Å². The number of carbonyl (C=O) groups excluding carboxylic acids is 1. The SMILES string of the molecule is CN1C[C@@H]2C[C@H]1C(=O)N(CC1CC1)c1ccccc1O2. The van der Waals surface area contributed by atoms with Crippen LogP contribution in [-0.2, 0) is 4.79 Å². The molecular weight excluding hydrogens is 252 g/mol. The summed E-state index contributed by atoms with van der Waals surface area (Å²) in [7, 11) is 2.03. The highest BCUT2D eigenvalue weighted by atomic mass is 16.5. The number of carbonyl (C=O) groups is 1. The van der Waals surface area contributed by atoms with Gasteiger partial charge in [0.2, 0.25) is 5.91 Å². The minimum atomic E-state index is -0.0212. The van der Waals surface area contributed by atoms with E-state index in [1.165, 1.54) is 12.8 Å². The highest BCUT2D eigenvalue weighted by molar-refractivity contribution is 5.99. The van der Waals surface area contributed by atoms with Crippen molar-refractivity contribution in [2.75, 3.05) is 25.0 Å². The van der Waals surface area contributed by atoms with E-state index in [4.69, 9.17) is 4.74 Å². The molecule has 0 aromatic heterocycles. The average Bonchev–Trinajstić information content (AvgIpc) is 3.18. The average molecular weight is 272 g/mol. The number of ether oxygens (including phenoxy) is 1. The summed E-state index contributed by atoms with van der Waals surface area (Å²) in [6.45, 7) is 1.68. The van der Waals surface area contributed by atoms with Crippen LogP contribution < -0.4 is 9.64 Å². The van der Waals surface area contributed by atoms with Gasteiger partial charge in [-0.3, -0.25) is 9.69 Å². The normalized spacial score (nSPS) is 29.6. The number of likely N-dealkylation sites (N-methyl/N-ethyl adjacent to an activating group) is 1. The fourth-order valence-electron chi connectivity index (χ4n) is 3.33. The maximum absolute atomic E-state index is 12.9. The minimum absolute atomic E-state index is 0.0212. The molecule has 20 heavy (non-hydrogen) atoms. The second kappa shape index (κ2) is 4.48. The highest BCUT2D eigenvalue weighted by Gasteiger charge is 2.42. The summed E-state index contributed by atoms with van der Waals surface area (Å²) in [6.07, 6.45) is 3.44. The maximum atomic E-state index is 12.9. The van der Waals surface area contributed by atoms with E-state index in [0.717, 1.165) is 30.9 Å². The molecule has 0 spiro atoms. The summed E-state index contributed by atoms with van der Waals surface area (Å²) in [6, 6.07) is 7.95. The summed E-state index contributed by atoms with van der Waals surface area (Å²) < 4.78 is 6.14. The van der Waals surface area contributed by atoms with Crippen LogP contribution in [0.3, 0.4) is 0 Å².